The summed E-state index contributed by atoms with van der Waals surface area (Å²) in [6.07, 6.45) is 6.28. The van der Waals surface area contributed by atoms with Gasteiger partial charge in [0.25, 0.3) is 0 Å². The van der Waals surface area contributed by atoms with Crippen LogP contribution in [0.25, 0.3) is 0 Å². The average Bonchev–Trinajstić information content (AvgIpc) is 2.72. The first-order chi connectivity index (χ1) is 12.7. The molecular formula is C19H24N4O3. The SMILES string of the molecule is COc1ccc(CCC(=O)N2CCN(c3cnccn3)CC2)cc1OC. The molecule has 0 radical (unpaired) electrons. The fraction of sp³-hybridized carbons (Fsp3) is 0.421. The van der Waals surface area contributed by atoms with Gasteiger partial charge < -0.3 is 19.3 Å². The van der Waals surface area contributed by atoms with Crippen molar-refractivity contribution < 1.29 is 14.3 Å². The number of carbonyl (C=O) groups excluding carboxylic acids is 1. The number of aryl methyl sites for hydroxylation is 1. The lowest BCUT2D eigenvalue weighted by atomic mass is 10.1. The van der Waals surface area contributed by atoms with E-state index in [1.165, 1.54) is 0 Å². The average molecular weight is 356 g/mol. The van der Waals surface area contributed by atoms with Gasteiger partial charge in [-0.15, -0.1) is 0 Å². The molecule has 1 fully saturated rings. The molecule has 0 atom stereocenters. The van der Waals surface area contributed by atoms with E-state index in [0.717, 1.165) is 24.5 Å². The van der Waals surface area contributed by atoms with Crippen LogP contribution in [-0.2, 0) is 11.2 Å². The number of benzene rings is 1. The molecule has 0 saturated carbocycles. The Balaban J connectivity index is 1.50. The zero-order valence-electron chi connectivity index (χ0n) is 15.2. The van der Waals surface area contributed by atoms with Gasteiger partial charge in [-0.25, -0.2) is 4.98 Å². The largest absolute Gasteiger partial charge is 0.493 e. The molecule has 26 heavy (non-hydrogen) atoms. The van der Waals surface area contributed by atoms with Gasteiger partial charge in [-0.1, -0.05) is 6.07 Å². The highest BCUT2D eigenvalue weighted by molar-refractivity contribution is 5.76. The molecule has 0 N–H and O–H groups in total. The predicted octanol–water partition coefficient (Wildman–Crippen LogP) is 1.78. The van der Waals surface area contributed by atoms with Crippen LogP contribution in [-0.4, -0.2) is 61.2 Å². The predicted molar refractivity (Wildman–Crippen MR) is 98.7 cm³/mol. The minimum Gasteiger partial charge on any atom is -0.493 e. The molecular weight excluding hydrogens is 332 g/mol. The van der Waals surface area contributed by atoms with E-state index < -0.39 is 0 Å². The molecule has 0 spiro atoms. The summed E-state index contributed by atoms with van der Waals surface area (Å²) in [4.78, 5) is 25.0. The van der Waals surface area contributed by atoms with E-state index in [9.17, 15) is 4.79 Å². The summed E-state index contributed by atoms with van der Waals surface area (Å²) < 4.78 is 10.6. The van der Waals surface area contributed by atoms with Crippen molar-refractivity contribution in [1.29, 1.82) is 0 Å². The number of nitrogens with zero attached hydrogens (tertiary/aromatic N) is 4. The summed E-state index contributed by atoms with van der Waals surface area (Å²) in [5, 5.41) is 0. The molecule has 3 rings (SSSR count). The molecule has 1 aromatic carbocycles. The third-order valence-corrected chi connectivity index (χ3v) is 4.58. The van der Waals surface area contributed by atoms with E-state index in [1.807, 2.05) is 23.1 Å². The van der Waals surface area contributed by atoms with Crippen molar-refractivity contribution in [3.05, 3.63) is 42.4 Å². The number of hydrogen-bond donors (Lipinski definition) is 0. The van der Waals surface area contributed by atoms with Gasteiger partial charge in [-0.2, -0.15) is 0 Å². The Morgan fingerprint density at radius 2 is 1.85 bits per heavy atom. The molecule has 1 aliphatic heterocycles. The van der Waals surface area contributed by atoms with Crippen molar-refractivity contribution in [2.24, 2.45) is 0 Å². The van der Waals surface area contributed by atoms with Crippen LogP contribution in [0.2, 0.25) is 0 Å². The summed E-state index contributed by atoms with van der Waals surface area (Å²) >= 11 is 0. The lowest BCUT2D eigenvalue weighted by Gasteiger charge is -2.35. The smallest absolute Gasteiger partial charge is 0.223 e. The van der Waals surface area contributed by atoms with E-state index in [2.05, 4.69) is 14.9 Å². The number of hydrogen-bond acceptors (Lipinski definition) is 6. The van der Waals surface area contributed by atoms with Gasteiger partial charge >= 0.3 is 0 Å². The van der Waals surface area contributed by atoms with Crippen LogP contribution in [0.4, 0.5) is 5.82 Å². The Morgan fingerprint density at radius 1 is 1.08 bits per heavy atom. The van der Waals surface area contributed by atoms with Crippen molar-refractivity contribution in [1.82, 2.24) is 14.9 Å². The Labute approximate surface area is 153 Å². The molecule has 2 heterocycles. The fourth-order valence-electron chi connectivity index (χ4n) is 3.08. The maximum atomic E-state index is 12.5. The lowest BCUT2D eigenvalue weighted by Crippen LogP contribution is -2.49. The van der Waals surface area contributed by atoms with Crippen LogP contribution in [0.3, 0.4) is 0 Å². The molecule has 1 amide bonds. The molecule has 138 valence electrons. The summed E-state index contributed by atoms with van der Waals surface area (Å²) in [5.74, 6) is 2.43. The van der Waals surface area contributed by atoms with E-state index in [4.69, 9.17) is 9.47 Å². The quantitative estimate of drug-likeness (QED) is 0.786. The Kier molecular flexibility index (Phi) is 5.88. The number of carbonyl (C=O) groups is 1. The van der Waals surface area contributed by atoms with Crippen LogP contribution >= 0.6 is 0 Å². The summed E-state index contributed by atoms with van der Waals surface area (Å²) in [7, 11) is 3.23. The first-order valence-electron chi connectivity index (χ1n) is 8.71. The van der Waals surface area contributed by atoms with Crippen molar-refractivity contribution in [2.45, 2.75) is 12.8 Å². The van der Waals surface area contributed by atoms with Crippen LogP contribution in [0.1, 0.15) is 12.0 Å². The number of rotatable bonds is 6. The molecule has 0 bridgehead atoms. The van der Waals surface area contributed by atoms with Gasteiger partial charge in [-0.05, 0) is 24.1 Å². The zero-order valence-corrected chi connectivity index (χ0v) is 15.2. The Bertz CT molecular complexity index is 731. The lowest BCUT2D eigenvalue weighted by molar-refractivity contribution is -0.131. The van der Waals surface area contributed by atoms with Gasteiger partial charge in [0.2, 0.25) is 5.91 Å². The fourth-order valence-corrected chi connectivity index (χ4v) is 3.08. The maximum absolute atomic E-state index is 12.5. The number of amides is 1. The van der Waals surface area contributed by atoms with Crippen LogP contribution in [0, 0.1) is 0 Å². The van der Waals surface area contributed by atoms with Crippen LogP contribution in [0.5, 0.6) is 11.5 Å². The van der Waals surface area contributed by atoms with Gasteiger partial charge in [0.1, 0.15) is 5.82 Å². The van der Waals surface area contributed by atoms with Gasteiger partial charge in [0.05, 0.1) is 20.4 Å². The van der Waals surface area contributed by atoms with Gasteiger partial charge in [-0.3, -0.25) is 9.78 Å². The first-order valence-corrected chi connectivity index (χ1v) is 8.71. The number of ether oxygens (including phenoxy) is 2. The van der Waals surface area contributed by atoms with E-state index >= 15 is 0 Å². The second-order valence-electron chi connectivity index (χ2n) is 6.12. The molecule has 7 heteroatoms. The van der Waals surface area contributed by atoms with E-state index in [0.29, 0.717) is 37.4 Å². The highest BCUT2D eigenvalue weighted by atomic mass is 16.5. The minimum absolute atomic E-state index is 0.179. The van der Waals surface area contributed by atoms with Gasteiger partial charge in [0.15, 0.2) is 11.5 Å². The van der Waals surface area contributed by atoms with Crippen molar-refractivity contribution in [3.63, 3.8) is 0 Å². The molecule has 7 nitrogen and oxygen atoms in total. The monoisotopic (exact) mass is 356 g/mol. The maximum Gasteiger partial charge on any atom is 0.223 e. The molecule has 2 aromatic rings. The number of piperazine rings is 1. The normalized spacial score (nSPS) is 14.2. The zero-order chi connectivity index (χ0) is 18.4. The molecule has 0 aliphatic carbocycles. The number of methoxy groups -OCH3 is 2. The first kappa shape index (κ1) is 18.0. The van der Waals surface area contributed by atoms with Crippen molar-refractivity contribution in [3.8, 4) is 11.5 Å². The molecule has 1 saturated heterocycles. The minimum atomic E-state index is 0.179. The highest BCUT2D eigenvalue weighted by Gasteiger charge is 2.21. The van der Waals surface area contributed by atoms with Crippen LogP contribution < -0.4 is 14.4 Å². The third-order valence-electron chi connectivity index (χ3n) is 4.58. The van der Waals surface area contributed by atoms with E-state index in [1.54, 1.807) is 32.8 Å². The Hall–Kier alpha value is -2.83. The number of aromatic nitrogens is 2. The molecule has 1 aromatic heterocycles. The summed E-state index contributed by atoms with van der Waals surface area (Å²) in [5.41, 5.74) is 1.06. The third kappa shape index (κ3) is 4.22. The van der Waals surface area contributed by atoms with Crippen molar-refractivity contribution >= 4 is 11.7 Å². The molecule has 1 aliphatic rings. The second kappa shape index (κ2) is 8.51. The molecule has 0 unspecified atom stereocenters. The Morgan fingerprint density at radius 3 is 2.50 bits per heavy atom. The second-order valence-corrected chi connectivity index (χ2v) is 6.12. The topological polar surface area (TPSA) is 67.8 Å². The summed E-state index contributed by atoms with van der Waals surface area (Å²) in [6.45, 7) is 2.98. The van der Waals surface area contributed by atoms with Crippen molar-refractivity contribution in [2.75, 3.05) is 45.3 Å². The van der Waals surface area contributed by atoms with Gasteiger partial charge in [0, 0.05) is 45.0 Å². The highest BCUT2D eigenvalue weighted by Crippen LogP contribution is 2.28. The number of anilines is 1. The summed E-state index contributed by atoms with van der Waals surface area (Å²) in [6, 6.07) is 5.77. The van der Waals surface area contributed by atoms with E-state index in [-0.39, 0.29) is 5.91 Å². The standard InChI is InChI=1S/C19H24N4O3/c1-25-16-5-3-15(13-17(16)26-2)4-6-19(24)23-11-9-22(10-12-23)18-14-20-7-8-21-18/h3,5,7-8,13-14H,4,6,9-12H2,1-2H3. The van der Waals surface area contributed by atoms with Crippen LogP contribution in [0.15, 0.2) is 36.8 Å².